The first-order valence-corrected chi connectivity index (χ1v) is 5.27. The lowest BCUT2D eigenvalue weighted by molar-refractivity contribution is -0.175. The van der Waals surface area contributed by atoms with Gasteiger partial charge in [-0.3, -0.25) is 9.59 Å². The largest absolute Gasteiger partial charge is 0.300 e. The minimum atomic E-state index is -0.672. The number of carbonyl (C=O) groups is 2. The molecule has 1 aliphatic carbocycles. The van der Waals surface area contributed by atoms with Gasteiger partial charge in [0, 0.05) is 31.0 Å². The van der Waals surface area contributed by atoms with Gasteiger partial charge in [-0.1, -0.05) is 6.92 Å². The van der Waals surface area contributed by atoms with Crippen molar-refractivity contribution in [3.05, 3.63) is 0 Å². The lowest BCUT2D eigenvalue weighted by Gasteiger charge is -2.58. The van der Waals surface area contributed by atoms with Gasteiger partial charge in [0.05, 0.1) is 5.41 Å². The third-order valence-electron chi connectivity index (χ3n) is 4.25. The molecule has 3 heterocycles. The number of rotatable bonds is 0. The number of hydrogen-bond acceptors (Lipinski definition) is 3. The van der Waals surface area contributed by atoms with Crippen LogP contribution in [0.5, 0.6) is 0 Å². The van der Waals surface area contributed by atoms with E-state index >= 15 is 0 Å². The molecule has 3 saturated heterocycles. The second kappa shape index (κ2) is 2.11. The van der Waals surface area contributed by atoms with E-state index in [0.717, 1.165) is 19.5 Å². The van der Waals surface area contributed by atoms with Crippen molar-refractivity contribution >= 4 is 11.6 Å². The van der Waals surface area contributed by atoms with Gasteiger partial charge in [-0.05, 0) is 13.3 Å². The summed E-state index contributed by atoms with van der Waals surface area (Å²) in [5, 5.41) is 0. The van der Waals surface area contributed by atoms with Gasteiger partial charge in [0.15, 0.2) is 11.6 Å². The van der Waals surface area contributed by atoms with Crippen molar-refractivity contribution in [1.82, 2.24) is 4.90 Å². The molecule has 76 valence electrons. The zero-order chi connectivity index (χ0) is 10.1. The molecular formula is C11H15NO2. The Kier molecular flexibility index (Phi) is 1.29. The van der Waals surface area contributed by atoms with E-state index in [1.807, 2.05) is 13.8 Å². The molecule has 4 bridgehead atoms. The molecule has 3 nitrogen and oxygen atoms in total. The highest BCUT2D eigenvalue weighted by molar-refractivity contribution is 6.13. The van der Waals surface area contributed by atoms with E-state index in [0.29, 0.717) is 6.54 Å². The molecule has 14 heavy (non-hydrogen) atoms. The van der Waals surface area contributed by atoms with Crippen LogP contribution in [0.1, 0.15) is 20.3 Å². The Bertz CT molecular complexity index is 351. The van der Waals surface area contributed by atoms with Crippen LogP contribution in [0.25, 0.3) is 0 Å². The highest BCUT2D eigenvalue weighted by atomic mass is 16.2. The third kappa shape index (κ3) is 0.738. The van der Waals surface area contributed by atoms with E-state index in [-0.39, 0.29) is 22.9 Å². The first-order chi connectivity index (χ1) is 6.46. The Morgan fingerprint density at radius 3 is 2.71 bits per heavy atom. The average molecular weight is 193 g/mol. The summed E-state index contributed by atoms with van der Waals surface area (Å²) in [5.74, 6) is 0.531. The van der Waals surface area contributed by atoms with Crippen LogP contribution in [0.15, 0.2) is 0 Å². The molecule has 4 atom stereocenters. The molecule has 4 aliphatic rings. The Balaban J connectivity index is 2.15. The zero-order valence-corrected chi connectivity index (χ0v) is 8.67. The molecule has 3 aliphatic heterocycles. The molecule has 0 aromatic rings. The summed E-state index contributed by atoms with van der Waals surface area (Å²) in [6.07, 6.45) is 0.788. The van der Waals surface area contributed by atoms with Crippen molar-refractivity contribution in [2.24, 2.45) is 16.7 Å². The number of carbonyl (C=O) groups excluding carboxylic acids is 2. The van der Waals surface area contributed by atoms with Gasteiger partial charge >= 0.3 is 0 Å². The molecule has 0 aromatic carbocycles. The second-order valence-corrected chi connectivity index (χ2v) is 5.66. The highest BCUT2D eigenvalue weighted by Crippen LogP contribution is 2.51. The fourth-order valence-electron chi connectivity index (χ4n) is 3.83. The van der Waals surface area contributed by atoms with Gasteiger partial charge in [0.25, 0.3) is 0 Å². The minimum absolute atomic E-state index is 0.130. The van der Waals surface area contributed by atoms with Crippen molar-refractivity contribution in [1.29, 1.82) is 0 Å². The summed E-state index contributed by atoms with van der Waals surface area (Å²) >= 11 is 0. The monoisotopic (exact) mass is 193 g/mol. The van der Waals surface area contributed by atoms with Crippen molar-refractivity contribution in [3.8, 4) is 0 Å². The molecular weight excluding hydrogens is 178 g/mol. The fraction of sp³-hybridized carbons (Fsp3) is 0.818. The van der Waals surface area contributed by atoms with E-state index in [2.05, 4.69) is 4.90 Å². The molecule has 1 unspecified atom stereocenters. The third-order valence-corrected chi connectivity index (χ3v) is 4.25. The summed E-state index contributed by atoms with van der Waals surface area (Å²) in [5.41, 5.74) is -0.905. The number of piperidine rings is 3. The van der Waals surface area contributed by atoms with Crippen molar-refractivity contribution in [3.63, 3.8) is 0 Å². The molecule has 4 rings (SSSR count). The van der Waals surface area contributed by atoms with Crippen LogP contribution < -0.4 is 0 Å². The van der Waals surface area contributed by atoms with Crippen LogP contribution in [0, 0.1) is 16.7 Å². The Morgan fingerprint density at radius 1 is 1.29 bits per heavy atom. The van der Waals surface area contributed by atoms with Crippen LogP contribution in [-0.2, 0) is 9.59 Å². The van der Waals surface area contributed by atoms with Crippen molar-refractivity contribution < 1.29 is 9.59 Å². The molecule has 3 heteroatoms. The molecule has 0 aromatic heterocycles. The highest BCUT2D eigenvalue weighted by Gasteiger charge is 2.64. The van der Waals surface area contributed by atoms with Crippen molar-refractivity contribution in [2.75, 3.05) is 19.6 Å². The summed E-state index contributed by atoms with van der Waals surface area (Å²) in [4.78, 5) is 26.5. The van der Waals surface area contributed by atoms with Crippen LogP contribution in [-0.4, -0.2) is 36.1 Å². The number of ketones is 2. The van der Waals surface area contributed by atoms with Gasteiger partial charge in [0.2, 0.25) is 0 Å². The SMILES string of the molecule is C[C@@]12C[C@H]3CN(C1)C[C@](C)(C3=O)C2=O. The van der Waals surface area contributed by atoms with Gasteiger partial charge in [0.1, 0.15) is 0 Å². The normalized spacial score (nSPS) is 55.6. The van der Waals surface area contributed by atoms with E-state index in [1.54, 1.807) is 0 Å². The Morgan fingerprint density at radius 2 is 2.00 bits per heavy atom. The van der Waals surface area contributed by atoms with E-state index in [9.17, 15) is 9.59 Å². The topological polar surface area (TPSA) is 37.4 Å². The maximum Gasteiger partial charge on any atom is 0.154 e. The van der Waals surface area contributed by atoms with Crippen LogP contribution in [0.4, 0.5) is 0 Å². The van der Waals surface area contributed by atoms with Gasteiger partial charge < -0.3 is 4.90 Å². The standard InChI is InChI=1S/C11H15NO2/c1-10-3-7-4-12(5-10)6-11(2,8(7)13)9(10)14/h7H,3-6H2,1-2H3/t7-,10+,11+/m0/s1. The summed E-state index contributed by atoms with van der Waals surface area (Å²) < 4.78 is 0. The molecule has 0 amide bonds. The Labute approximate surface area is 83.5 Å². The zero-order valence-electron chi connectivity index (χ0n) is 8.67. The predicted molar refractivity (Wildman–Crippen MR) is 50.8 cm³/mol. The summed E-state index contributed by atoms with van der Waals surface area (Å²) in [6.45, 7) is 6.28. The first kappa shape index (κ1) is 8.60. The number of hydrogen-bond donors (Lipinski definition) is 0. The lowest BCUT2D eigenvalue weighted by Crippen LogP contribution is -2.71. The maximum absolute atomic E-state index is 12.2. The second-order valence-electron chi connectivity index (χ2n) is 5.66. The molecule has 1 saturated carbocycles. The number of Topliss-reactive ketones (excluding diaryl/α,β-unsaturated/α-hetero) is 2. The minimum Gasteiger partial charge on any atom is -0.300 e. The maximum atomic E-state index is 12.2. The number of nitrogens with zero attached hydrogens (tertiary/aromatic N) is 1. The Hall–Kier alpha value is -0.700. The van der Waals surface area contributed by atoms with Gasteiger partial charge in [-0.15, -0.1) is 0 Å². The fourth-order valence-corrected chi connectivity index (χ4v) is 3.83. The molecule has 0 N–H and O–H groups in total. The molecule has 0 radical (unpaired) electrons. The van der Waals surface area contributed by atoms with Crippen LogP contribution in [0.3, 0.4) is 0 Å². The van der Waals surface area contributed by atoms with Gasteiger partial charge in [-0.2, -0.15) is 0 Å². The summed E-state index contributed by atoms with van der Waals surface area (Å²) in [7, 11) is 0. The smallest absolute Gasteiger partial charge is 0.154 e. The predicted octanol–water partition coefficient (Wildman–Crippen LogP) is 0.486. The first-order valence-electron chi connectivity index (χ1n) is 5.27. The van der Waals surface area contributed by atoms with Gasteiger partial charge in [-0.25, -0.2) is 0 Å². The summed E-state index contributed by atoms with van der Waals surface area (Å²) in [6, 6.07) is 0. The van der Waals surface area contributed by atoms with Crippen molar-refractivity contribution in [2.45, 2.75) is 20.3 Å². The van der Waals surface area contributed by atoms with Crippen LogP contribution in [0.2, 0.25) is 0 Å². The average Bonchev–Trinajstić information content (AvgIpc) is 2.10. The lowest BCUT2D eigenvalue weighted by atomic mass is 9.53. The van der Waals surface area contributed by atoms with E-state index < -0.39 is 5.41 Å². The molecule has 0 spiro atoms. The molecule has 4 fully saturated rings. The van der Waals surface area contributed by atoms with E-state index in [1.165, 1.54) is 0 Å². The van der Waals surface area contributed by atoms with Crippen LogP contribution >= 0.6 is 0 Å². The van der Waals surface area contributed by atoms with E-state index in [4.69, 9.17) is 0 Å². The quantitative estimate of drug-likeness (QED) is 0.525.